The first kappa shape index (κ1) is 56.1. The van der Waals surface area contributed by atoms with E-state index in [-0.39, 0.29) is 59.0 Å². The average molecular weight is 1090 g/mol. The maximum atomic E-state index is 14.4. The molecular formula is C64H84N10O6. The van der Waals surface area contributed by atoms with Crippen molar-refractivity contribution >= 4 is 23.2 Å². The molecule has 2 amide bonds. The Morgan fingerprint density at radius 1 is 0.575 bits per heavy atom. The largest absolute Gasteiger partial charge is 0.491 e. The summed E-state index contributed by atoms with van der Waals surface area (Å²) < 4.78 is 25.3. The lowest BCUT2D eigenvalue weighted by Gasteiger charge is -2.43. The SMILES string of the molecule is C[C@@H]1CN(CC(=O)N2CC(C)(C)c3ncc(Cc4ccccc4)cc32)[C@@H](CN2CCO[C@H](COc3cccc(OC[C@@H]4CN(C[C@H]5CN[C@H](C)CN5CC(=O)N5CC(C)(C)c6ncc(Cc7ccccc7)cc65)CCO4)c3)C2)CN1. The molecule has 8 heterocycles. The quantitative estimate of drug-likeness (QED) is 0.109. The normalized spacial score (nSPS) is 25.3. The van der Waals surface area contributed by atoms with Crippen molar-refractivity contribution in [2.24, 2.45) is 0 Å². The van der Waals surface area contributed by atoms with E-state index in [0.29, 0.717) is 52.6 Å². The highest BCUT2D eigenvalue weighted by atomic mass is 16.5. The number of anilines is 2. The number of hydrogen-bond donors (Lipinski definition) is 2. The van der Waals surface area contributed by atoms with E-state index in [0.717, 1.165) is 124 Å². The first-order valence-corrected chi connectivity index (χ1v) is 29.3. The van der Waals surface area contributed by atoms with E-state index < -0.39 is 0 Å². The molecule has 16 nitrogen and oxygen atoms in total. The number of nitrogens with zero attached hydrogens (tertiary/aromatic N) is 8. The number of hydrogen-bond acceptors (Lipinski definition) is 14. The average Bonchev–Trinajstić information content (AvgIpc) is 4.00. The topological polar surface area (TPSA) is 140 Å². The monoisotopic (exact) mass is 1090 g/mol. The van der Waals surface area contributed by atoms with Crippen LogP contribution in [0, 0.1) is 0 Å². The van der Waals surface area contributed by atoms with Gasteiger partial charge in [0.2, 0.25) is 11.8 Å². The smallest absolute Gasteiger partial charge is 0.241 e. The number of aromatic nitrogens is 2. The molecule has 6 aliphatic heterocycles. The van der Waals surface area contributed by atoms with E-state index in [1.165, 1.54) is 11.1 Å². The molecule has 4 fully saturated rings. The van der Waals surface area contributed by atoms with Crippen molar-refractivity contribution in [3.05, 3.63) is 143 Å². The maximum Gasteiger partial charge on any atom is 0.241 e. The standard InChI is InChI=1S/C64H84N10O6/c1-45-33-71(39-59(75)73-43-63(3,4)61-57(73)26-49(29-67-61)24-47-14-9-7-10-15-47)51(31-65-45)35-69-20-22-77-55(37-69)41-79-53-18-13-19-54(28-53)80-42-56-38-70(21-23-78-56)36-52-32-66-46(2)34-72(52)40-60(76)74-44-64(5,6)62-58(74)27-50(30-68-62)25-48-16-11-8-12-17-48/h7-19,26-30,45-46,51-52,55-56,65-66H,20-25,31-44H2,1-6H3/t45-,46-,51-,52-,55+,56+/m1/s1. The molecular weight excluding hydrogens is 1000 g/mol. The number of nitrogens with one attached hydrogen (secondary N) is 2. The molecule has 0 radical (unpaired) electrons. The summed E-state index contributed by atoms with van der Waals surface area (Å²) in [6, 6.07) is 34.0. The number of pyridine rings is 2. The minimum Gasteiger partial charge on any atom is -0.491 e. The lowest BCUT2D eigenvalue weighted by Crippen LogP contribution is -2.61. The number of rotatable bonds is 18. The zero-order valence-electron chi connectivity index (χ0n) is 48.0. The van der Waals surface area contributed by atoms with Gasteiger partial charge in [0, 0.05) is 132 Å². The zero-order chi connectivity index (χ0) is 55.4. The molecule has 5 aromatic rings. The summed E-state index contributed by atoms with van der Waals surface area (Å²) in [5.74, 6) is 1.72. The van der Waals surface area contributed by atoms with Gasteiger partial charge >= 0.3 is 0 Å². The highest BCUT2D eigenvalue weighted by Gasteiger charge is 2.43. The number of carbonyl (C=O) groups excluding carboxylic acids is 2. The van der Waals surface area contributed by atoms with Crippen LogP contribution in [0.1, 0.15) is 75.2 Å². The number of amides is 2. The Labute approximate surface area is 474 Å². The van der Waals surface area contributed by atoms with Crippen LogP contribution in [0.5, 0.6) is 11.5 Å². The predicted molar refractivity (Wildman–Crippen MR) is 313 cm³/mol. The van der Waals surface area contributed by atoms with Gasteiger partial charge in [-0.3, -0.25) is 39.2 Å². The van der Waals surface area contributed by atoms with Crippen molar-refractivity contribution in [1.29, 1.82) is 0 Å². The van der Waals surface area contributed by atoms with Gasteiger partial charge in [0.15, 0.2) is 0 Å². The lowest BCUT2D eigenvalue weighted by atomic mass is 9.91. The summed E-state index contributed by atoms with van der Waals surface area (Å²) in [7, 11) is 0. The van der Waals surface area contributed by atoms with Crippen LogP contribution in [0.4, 0.5) is 11.4 Å². The van der Waals surface area contributed by atoms with Crippen molar-refractivity contribution in [2.45, 2.75) is 102 Å². The fourth-order valence-corrected chi connectivity index (χ4v) is 12.9. The second kappa shape index (κ2) is 24.7. The van der Waals surface area contributed by atoms with E-state index in [9.17, 15) is 9.59 Å². The van der Waals surface area contributed by atoms with Gasteiger partial charge in [0.05, 0.1) is 49.1 Å². The van der Waals surface area contributed by atoms with Crippen LogP contribution in [0.15, 0.2) is 109 Å². The third kappa shape index (κ3) is 13.6. The van der Waals surface area contributed by atoms with Crippen molar-refractivity contribution in [3.63, 3.8) is 0 Å². The first-order chi connectivity index (χ1) is 38.7. The summed E-state index contributed by atoms with van der Waals surface area (Å²) in [5, 5.41) is 7.39. The minimum atomic E-state index is -0.227. The molecule has 3 aromatic carbocycles. The van der Waals surface area contributed by atoms with Gasteiger partial charge in [0.1, 0.15) is 36.9 Å². The van der Waals surface area contributed by atoms with E-state index in [2.05, 4.69) is 132 Å². The third-order valence-electron chi connectivity index (χ3n) is 17.1. The lowest BCUT2D eigenvalue weighted by molar-refractivity contribution is -0.121. The van der Waals surface area contributed by atoms with Crippen molar-refractivity contribution in [1.82, 2.24) is 40.2 Å². The molecule has 0 bridgehead atoms. The van der Waals surface area contributed by atoms with Crippen LogP contribution in [-0.4, -0.2) is 196 Å². The molecule has 16 heteroatoms. The Hall–Kier alpha value is -5.82. The van der Waals surface area contributed by atoms with E-state index in [4.69, 9.17) is 28.9 Å². The van der Waals surface area contributed by atoms with E-state index in [1.807, 2.05) is 58.6 Å². The van der Waals surface area contributed by atoms with Crippen LogP contribution >= 0.6 is 0 Å². The van der Waals surface area contributed by atoms with Gasteiger partial charge in [0.25, 0.3) is 0 Å². The van der Waals surface area contributed by atoms with Crippen LogP contribution < -0.4 is 29.9 Å². The zero-order valence-corrected chi connectivity index (χ0v) is 48.0. The Morgan fingerprint density at radius 2 is 1.01 bits per heavy atom. The fourth-order valence-electron chi connectivity index (χ4n) is 12.9. The van der Waals surface area contributed by atoms with E-state index in [1.54, 1.807) is 0 Å². The van der Waals surface area contributed by atoms with Crippen LogP contribution in [0.25, 0.3) is 0 Å². The number of carbonyl (C=O) groups is 2. The molecule has 0 aliphatic carbocycles. The Bertz CT molecular complexity index is 2720. The molecule has 0 spiro atoms. The van der Waals surface area contributed by atoms with Crippen molar-refractivity contribution in [3.8, 4) is 11.5 Å². The Balaban J connectivity index is 0.644. The summed E-state index contributed by atoms with van der Waals surface area (Å²) in [6.45, 7) is 25.2. The van der Waals surface area contributed by atoms with E-state index >= 15 is 0 Å². The molecule has 6 atom stereocenters. The molecule has 6 aliphatic rings. The molecule has 11 rings (SSSR count). The molecule has 4 saturated heterocycles. The van der Waals surface area contributed by atoms with Gasteiger partial charge in [-0.2, -0.15) is 0 Å². The summed E-state index contributed by atoms with van der Waals surface area (Å²) >= 11 is 0. The number of benzene rings is 3. The maximum absolute atomic E-state index is 14.4. The summed E-state index contributed by atoms with van der Waals surface area (Å²) in [4.78, 5) is 52.3. The van der Waals surface area contributed by atoms with Crippen molar-refractivity contribution < 1.29 is 28.5 Å². The molecule has 0 saturated carbocycles. The molecule has 2 N–H and O–H groups in total. The van der Waals surface area contributed by atoms with Gasteiger partial charge in [-0.15, -0.1) is 0 Å². The summed E-state index contributed by atoms with van der Waals surface area (Å²) in [6.07, 6.45) is 5.32. The first-order valence-electron chi connectivity index (χ1n) is 29.3. The number of ether oxygens (including phenoxy) is 4. The highest BCUT2D eigenvalue weighted by Crippen LogP contribution is 2.41. The number of piperazine rings is 2. The Kier molecular flexibility index (Phi) is 17.3. The highest BCUT2D eigenvalue weighted by molar-refractivity contribution is 5.98. The van der Waals surface area contributed by atoms with Crippen LogP contribution in [0.2, 0.25) is 0 Å². The Morgan fingerprint density at radius 3 is 1.45 bits per heavy atom. The molecule has 2 aromatic heterocycles. The second-order valence-corrected chi connectivity index (χ2v) is 24.9. The van der Waals surface area contributed by atoms with Crippen LogP contribution in [0.3, 0.4) is 0 Å². The summed E-state index contributed by atoms with van der Waals surface area (Å²) in [5.41, 5.74) is 8.12. The second-order valence-electron chi connectivity index (χ2n) is 24.9. The molecule has 426 valence electrons. The van der Waals surface area contributed by atoms with Gasteiger partial charge in [-0.25, -0.2) is 0 Å². The van der Waals surface area contributed by atoms with Gasteiger partial charge in [-0.1, -0.05) is 94.4 Å². The van der Waals surface area contributed by atoms with Crippen molar-refractivity contribution in [2.75, 3.05) is 128 Å². The van der Waals surface area contributed by atoms with Gasteiger partial charge in [-0.05, 0) is 73.2 Å². The third-order valence-corrected chi connectivity index (χ3v) is 17.1. The van der Waals surface area contributed by atoms with Gasteiger partial charge < -0.3 is 39.4 Å². The number of morpholine rings is 2. The predicted octanol–water partition coefficient (Wildman–Crippen LogP) is 5.79. The number of fused-ring (bicyclic) bond motifs is 2. The molecule has 80 heavy (non-hydrogen) atoms. The minimum absolute atomic E-state index is 0.0993. The fraction of sp³-hybridized carbons (Fsp3) is 0.531. The van der Waals surface area contributed by atoms with Crippen LogP contribution in [-0.2, 0) is 42.7 Å². The molecule has 0 unspecified atom stereocenters.